The lowest BCUT2D eigenvalue weighted by atomic mass is 9.83. The van der Waals surface area contributed by atoms with E-state index >= 15 is 0 Å². The van der Waals surface area contributed by atoms with Crippen LogP contribution in [0, 0.1) is 0 Å². The van der Waals surface area contributed by atoms with Crippen molar-refractivity contribution in [1.82, 2.24) is 4.57 Å². The Kier molecular flexibility index (Phi) is 8.57. The van der Waals surface area contributed by atoms with E-state index in [2.05, 4.69) is 180 Å². The minimum Gasteiger partial charge on any atom is -0.369 e. The Hall–Kier alpha value is -7.43. The lowest BCUT2D eigenvalue weighted by Crippen LogP contribution is -2.46. The maximum atomic E-state index is 7.24. The monoisotopic (exact) mass is 732 g/mol. The van der Waals surface area contributed by atoms with E-state index in [0.717, 1.165) is 39.3 Å². The number of hydrogen-bond donors (Lipinski definition) is 1. The third-order valence-electron chi connectivity index (χ3n) is 11.3. The maximum Gasteiger partial charge on any atom is 0.201 e. The standard InChI is InChI=1S/C53H40N4/c1-36(37-17-5-2-6-18-37)33-48(38-19-7-3-8-20-38)55-53(54)57-50-27-15-11-23-43(50)42-31-29-39(34-46(42)44-24-12-16-28-51(44)57)40-30-32-52-47(35-40)45-25-13-14-26-49(45)56(52)41-21-9-4-10-22-41/h2-35,44,51H,1H2,(H2,54,55)/b48-33-. The largest absolute Gasteiger partial charge is 0.369 e. The summed E-state index contributed by atoms with van der Waals surface area (Å²) in [6.07, 6.45) is 10.9. The number of allylic oxidation sites excluding steroid dienone is 4. The zero-order chi connectivity index (χ0) is 38.3. The zero-order valence-electron chi connectivity index (χ0n) is 31.4. The van der Waals surface area contributed by atoms with Gasteiger partial charge in [0.1, 0.15) is 0 Å². The quantitative estimate of drug-likeness (QED) is 0.105. The van der Waals surface area contributed by atoms with Crippen molar-refractivity contribution in [3.63, 3.8) is 0 Å². The molecule has 0 saturated heterocycles. The Labute approximate surface area is 333 Å². The predicted molar refractivity (Wildman–Crippen MR) is 240 cm³/mol. The molecule has 1 aromatic heterocycles. The topological polar surface area (TPSA) is 46.5 Å². The minimum absolute atomic E-state index is 0.0123. The van der Waals surface area contributed by atoms with Crippen molar-refractivity contribution in [3.05, 3.63) is 230 Å². The van der Waals surface area contributed by atoms with Gasteiger partial charge in [0.25, 0.3) is 0 Å². The minimum atomic E-state index is -0.114. The first-order chi connectivity index (χ1) is 28.1. The fraction of sp³-hybridized carbons (Fsp3) is 0.0377. The van der Waals surface area contributed by atoms with Crippen molar-refractivity contribution in [2.75, 3.05) is 4.90 Å². The van der Waals surface area contributed by atoms with Crippen LogP contribution in [0.4, 0.5) is 5.69 Å². The molecule has 2 N–H and O–H groups in total. The average Bonchev–Trinajstić information content (AvgIpc) is 3.54. The Bertz CT molecular complexity index is 2930. The van der Waals surface area contributed by atoms with Gasteiger partial charge in [-0.05, 0) is 81.9 Å². The number of nitrogens with zero attached hydrogens (tertiary/aromatic N) is 3. The molecular weight excluding hydrogens is 693 g/mol. The third-order valence-corrected chi connectivity index (χ3v) is 11.3. The number of para-hydroxylation sites is 3. The molecule has 0 fully saturated rings. The number of hydrogen-bond acceptors (Lipinski definition) is 1. The lowest BCUT2D eigenvalue weighted by molar-refractivity contribution is 0.706. The SMILES string of the molecule is C=C(/C=C(\N=C(/N)N1c2ccccc2-c2ccc(-c3ccc4c(c3)c3ccccc3n4-c3ccccc3)cc2C2C=CC=CC21)c1ccccc1)c1ccccc1. The number of guanidine groups is 1. The molecule has 1 aliphatic carbocycles. The van der Waals surface area contributed by atoms with E-state index in [0.29, 0.717) is 5.96 Å². The molecule has 2 heterocycles. The van der Waals surface area contributed by atoms with E-state index in [4.69, 9.17) is 10.7 Å². The molecule has 0 spiro atoms. The first-order valence-corrected chi connectivity index (χ1v) is 19.4. The summed E-state index contributed by atoms with van der Waals surface area (Å²) in [5.41, 5.74) is 21.3. The van der Waals surface area contributed by atoms with Gasteiger partial charge in [0.2, 0.25) is 5.96 Å². The van der Waals surface area contributed by atoms with Crippen molar-refractivity contribution >= 4 is 44.7 Å². The molecule has 0 amide bonds. The molecule has 0 radical (unpaired) electrons. The zero-order valence-corrected chi connectivity index (χ0v) is 31.4. The first-order valence-electron chi connectivity index (χ1n) is 19.4. The molecular formula is C53H40N4. The summed E-state index contributed by atoms with van der Waals surface area (Å²) < 4.78 is 2.36. The lowest BCUT2D eigenvalue weighted by Gasteiger charge is -2.35. The van der Waals surface area contributed by atoms with Gasteiger partial charge in [-0.15, -0.1) is 0 Å². The normalized spacial score (nSPS) is 16.2. The third kappa shape index (κ3) is 6.09. The number of benzene rings is 7. The van der Waals surface area contributed by atoms with E-state index in [-0.39, 0.29) is 12.0 Å². The van der Waals surface area contributed by atoms with Gasteiger partial charge in [-0.1, -0.05) is 164 Å². The van der Waals surface area contributed by atoms with Gasteiger partial charge in [-0.2, -0.15) is 0 Å². The van der Waals surface area contributed by atoms with Gasteiger partial charge in [0, 0.05) is 33.5 Å². The molecule has 10 rings (SSSR count). The van der Waals surface area contributed by atoms with Gasteiger partial charge >= 0.3 is 0 Å². The van der Waals surface area contributed by atoms with Crippen LogP contribution in [0.1, 0.15) is 22.6 Å². The number of anilines is 1. The van der Waals surface area contributed by atoms with Crippen LogP contribution in [0.2, 0.25) is 0 Å². The number of nitrogens with two attached hydrogens (primary N) is 1. The summed E-state index contributed by atoms with van der Waals surface area (Å²) in [4.78, 5) is 7.45. The maximum absolute atomic E-state index is 7.24. The number of aliphatic imine (C=N–C) groups is 1. The summed E-state index contributed by atoms with van der Waals surface area (Å²) in [5, 5.41) is 2.47. The summed E-state index contributed by atoms with van der Waals surface area (Å²) >= 11 is 0. The van der Waals surface area contributed by atoms with Crippen LogP contribution in [0.3, 0.4) is 0 Å². The number of fused-ring (bicyclic) bond motifs is 8. The molecule has 0 bridgehead atoms. The van der Waals surface area contributed by atoms with Crippen molar-refractivity contribution in [3.8, 4) is 27.9 Å². The molecule has 1 aliphatic heterocycles. The number of aromatic nitrogens is 1. The van der Waals surface area contributed by atoms with Gasteiger partial charge in [-0.25, -0.2) is 4.99 Å². The molecule has 272 valence electrons. The van der Waals surface area contributed by atoms with Crippen LogP contribution in [0.15, 0.2) is 218 Å². The van der Waals surface area contributed by atoms with Gasteiger partial charge in [0.15, 0.2) is 0 Å². The molecule has 57 heavy (non-hydrogen) atoms. The van der Waals surface area contributed by atoms with Gasteiger partial charge in [0.05, 0.1) is 28.5 Å². The van der Waals surface area contributed by atoms with Crippen molar-refractivity contribution < 1.29 is 0 Å². The summed E-state index contributed by atoms with van der Waals surface area (Å²) in [7, 11) is 0. The van der Waals surface area contributed by atoms with Crippen LogP contribution in [0.25, 0.3) is 61.0 Å². The van der Waals surface area contributed by atoms with Crippen molar-refractivity contribution in [1.29, 1.82) is 0 Å². The molecule has 2 unspecified atom stereocenters. The molecule has 0 saturated carbocycles. The van der Waals surface area contributed by atoms with E-state index in [1.54, 1.807) is 0 Å². The van der Waals surface area contributed by atoms with Crippen molar-refractivity contribution in [2.24, 2.45) is 10.7 Å². The highest BCUT2D eigenvalue weighted by Gasteiger charge is 2.35. The second-order valence-electron chi connectivity index (χ2n) is 14.7. The Morgan fingerprint density at radius 2 is 1.21 bits per heavy atom. The van der Waals surface area contributed by atoms with Gasteiger partial charge < -0.3 is 15.2 Å². The first kappa shape index (κ1) is 34.1. The highest BCUT2D eigenvalue weighted by atomic mass is 15.3. The molecule has 7 aromatic carbocycles. The van der Waals surface area contributed by atoms with Gasteiger partial charge in [-0.3, -0.25) is 0 Å². The van der Waals surface area contributed by atoms with E-state index in [9.17, 15) is 0 Å². The highest BCUT2D eigenvalue weighted by Crippen LogP contribution is 2.47. The molecule has 2 atom stereocenters. The van der Waals surface area contributed by atoms with Crippen LogP contribution in [-0.4, -0.2) is 16.6 Å². The smallest absolute Gasteiger partial charge is 0.201 e. The van der Waals surface area contributed by atoms with Crippen LogP contribution < -0.4 is 10.6 Å². The predicted octanol–water partition coefficient (Wildman–Crippen LogP) is 12.6. The summed E-state index contributed by atoms with van der Waals surface area (Å²) in [6.45, 7) is 4.41. The number of rotatable bonds is 6. The van der Waals surface area contributed by atoms with E-state index < -0.39 is 0 Å². The van der Waals surface area contributed by atoms with E-state index in [1.165, 1.54) is 44.1 Å². The van der Waals surface area contributed by atoms with Crippen molar-refractivity contribution in [2.45, 2.75) is 12.0 Å². The summed E-state index contributed by atoms with van der Waals surface area (Å²) in [6, 6.07) is 62.0. The van der Waals surface area contributed by atoms with Crippen LogP contribution >= 0.6 is 0 Å². The highest BCUT2D eigenvalue weighted by molar-refractivity contribution is 6.10. The Morgan fingerprint density at radius 1 is 0.579 bits per heavy atom. The fourth-order valence-electron chi connectivity index (χ4n) is 8.62. The summed E-state index contributed by atoms with van der Waals surface area (Å²) in [5.74, 6) is 0.430. The second-order valence-corrected chi connectivity index (χ2v) is 14.7. The van der Waals surface area contributed by atoms with Crippen LogP contribution in [0.5, 0.6) is 0 Å². The molecule has 2 aliphatic rings. The van der Waals surface area contributed by atoms with E-state index in [1.807, 2.05) is 42.5 Å². The molecule has 4 nitrogen and oxygen atoms in total. The molecule has 4 heteroatoms. The Balaban J connectivity index is 1.09. The molecule has 8 aromatic rings. The van der Waals surface area contributed by atoms with Crippen LogP contribution in [-0.2, 0) is 0 Å². The fourth-order valence-corrected chi connectivity index (χ4v) is 8.62. The second kappa shape index (κ2) is 14.3. The Morgan fingerprint density at radius 3 is 2.02 bits per heavy atom. The average molecular weight is 733 g/mol.